The highest BCUT2D eigenvalue weighted by molar-refractivity contribution is 7.92. The molecule has 0 heterocycles. The highest BCUT2D eigenvalue weighted by Crippen LogP contribution is 2.16. The molecule has 110 valence electrons. The van der Waals surface area contributed by atoms with Gasteiger partial charge in [-0.1, -0.05) is 46.6 Å². The van der Waals surface area contributed by atoms with Crippen LogP contribution in [0.15, 0.2) is 58.6 Å². The van der Waals surface area contributed by atoms with E-state index in [0.29, 0.717) is 10.6 Å². The Morgan fingerprint density at radius 1 is 1.10 bits per heavy atom. The fourth-order valence-corrected chi connectivity index (χ4v) is 3.25. The van der Waals surface area contributed by atoms with Crippen LogP contribution in [0, 0.1) is 6.92 Å². The molecule has 2 aromatic rings. The standard InChI is InChI=1S/C15H14ClNO3S/c1-11-2-8-14(9-3-11)21(19,20)10-15(17-18)12-4-6-13(16)7-5-12/h2-9,18H,10H2,1H3/b17-15+. The van der Waals surface area contributed by atoms with Gasteiger partial charge in [0.1, 0.15) is 11.5 Å². The van der Waals surface area contributed by atoms with Crippen molar-refractivity contribution in [1.29, 1.82) is 0 Å². The van der Waals surface area contributed by atoms with Crippen molar-refractivity contribution in [2.24, 2.45) is 5.16 Å². The van der Waals surface area contributed by atoms with Gasteiger partial charge in [-0.3, -0.25) is 0 Å². The van der Waals surface area contributed by atoms with E-state index in [9.17, 15) is 8.42 Å². The second-order valence-electron chi connectivity index (χ2n) is 4.63. The molecule has 0 radical (unpaired) electrons. The molecule has 0 bridgehead atoms. The van der Waals surface area contributed by atoms with Crippen LogP contribution in [0.3, 0.4) is 0 Å². The smallest absolute Gasteiger partial charge is 0.184 e. The summed E-state index contributed by atoms with van der Waals surface area (Å²) in [6.07, 6.45) is 0. The van der Waals surface area contributed by atoms with Crippen LogP contribution in [0.2, 0.25) is 5.02 Å². The maximum Gasteiger partial charge on any atom is 0.184 e. The molecule has 0 atom stereocenters. The fraction of sp³-hybridized carbons (Fsp3) is 0.133. The Morgan fingerprint density at radius 2 is 1.67 bits per heavy atom. The highest BCUT2D eigenvalue weighted by Gasteiger charge is 2.19. The van der Waals surface area contributed by atoms with Gasteiger partial charge in [0, 0.05) is 10.6 Å². The quantitative estimate of drug-likeness (QED) is 0.533. The first kappa shape index (κ1) is 15.5. The molecule has 0 fully saturated rings. The molecule has 0 amide bonds. The third-order valence-corrected chi connectivity index (χ3v) is 4.90. The number of benzene rings is 2. The molecular weight excluding hydrogens is 310 g/mol. The summed E-state index contributed by atoms with van der Waals surface area (Å²) >= 11 is 5.78. The van der Waals surface area contributed by atoms with Crippen molar-refractivity contribution in [2.45, 2.75) is 11.8 Å². The Labute approximate surface area is 128 Å². The summed E-state index contributed by atoms with van der Waals surface area (Å²) in [4.78, 5) is 0.197. The van der Waals surface area contributed by atoms with Crippen molar-refractivity contribution in [2.75, 3.05) is 5.75 Å². The second-order valence-corrected chi connectivity index (χ2v) is 7.05. The predicted molar refractivity (Wildman–Crippen MR) is 83.0 cm³/mol. The number of hydrogen-bond donors (Lipinski definition) is 1. The highest BCUT2D eigenvalue weighted by atomic mass is 35.5. The lowest BCUT2D eigenvalue weighted by molar-refractivity contribution is 0.319. The first-order chi connectivity index (χ1) is 9.92. The molecule has 2 rings (SSSR count). The van der Waals surface area contributed by atoms with Gasteiger partial charge in [0.15, 0.2) is 9.84 Å². The number of aryl methyl sites for hydroxylation is 1. The summed E-state index contributed by atoms with van der Waals surface area (Å²) < 4.78 is 24.7. The largest absolute Gasteiger partial charge is 0.411 e. The van der Waals surface area contributed by atoms with Crippen LogP contribution in [0.1, 0.15) is 11.1 Å². The maximum absolute atomic E-state index is 12.3. The van der Waals surface area contributed by atoms with Crippen molar-refractivity contribution in [1.82, 2.24) is 0 Å². The lowest BCUT2D eigenvalue weighted by Gasteiger charge is -2.07. The first-order valence-corrected chi connectivity index (χ1v) is 8.22. The average Bonchev–Trinajstić information content (AvgIpc) is 2.46. The van der Waals surface area contributed by atoms with Crippen LogP contribution in [0.4, 0.5) is 0 Å². The van der Waals surface area contributed by atoms with E-state index < -0.39 is 9.84 Å². The molecule has 2 aromatic carbocycles. The normalized spacial score (nSPS) is 12.4. The zero-order valence-corrected chi connectivity index (χ0v) is 12.9. The topological polar surface area (TPSA) is 66.7 Å². The van der Waals surface area contributed by atoms with Crippen LogP contribution >= 0.6 is 11.6 Å². The summed E-state index contributed by atoms with van der Waals surface area (Å²) in [7, 11) is -3.57. The van der Waals surface area contributed by atoms with Gasteiger partial charge >= 0.3 is 0 Å². The lowest BCUT2D eigenvalue weighted by atomic mass is 10.1. The zero-order chi connectivity index (χ0) is 15.5. The van der Waals surface area contributed by atoms with E-state index >= 15 is 0 Å². The van der Waals surface area contributed by atoms with Crippen molar-refractivity contribution >= 4 is 27.1 Å². The van der Waals surface area contributed by atoms with Crippen LogP contribution in [0.25, 0.3) is 0 Å². The van der Waals surface area contributed by atoms with E-state index in [1.54, 1.807) is 48.5 Å². The summed E-state index contributed by atoms with van der Waals surface area (Å²) in [6, 6.07) is 13.0. The van der Waals surface area contributed by atoms with E-state index in [-0.39, 0.29) is 16.4 Å². The Morgan fingerprint density at radius 3 is 2.19 bits per heavy atom. The molecular formula is C15H14ClNO3S. The number of rotatable bonds is 4. The minimum absolute atomic E-state index is 0.0761. The second kappa shape index (κ2) is 6.28. The third-order valence-electron chi connectivity index (χ3n) is 3.00. The minimum atomic E-state index is -3.57. The van der Waals surface area contributed by atoms with Crippen LogP contribution < -0.4 is 0 Å². The number of oxime groups is 1. The van der Waals surface area contributed by atoms with Gasteiger partial charge in [-0.2, -0.15) is 0 Å². The molecule has 21 heavy (non-hydrogen) atoms. The summed E-state index contributed by atoms with van der Waals surface area (Å²) in [5.74, 6) is -0.381. The van der Waals surface area contributed by atoms with Gasteiger partial charge in [-0.15, -0.1) is 0 Å². The Balaban J connectivity index is 2.29. The Kier molecular flexibility index (Phi) is 4.65. The maximum atomic E-state index is 12.3. The summed E-state index contributed by atoms with van der Waals surface area (Å²) in [5, 5.41) is 12.7. The number of sulfone groups is 1. The summed E-state index contributed by atoms with van der Waals surface area (Å²) in [6.45, 7) is 1.88. The van der Waals surface area contributed by atoms with E-state index in [4.69, 9.17) is 16.8 Å². The molecule has 0 aromatic heterocycles. The molecule has 4 nitrogen and oxygen atoms in total. The van der Waals surface area contributed by atoms with Crippen molar-refractivity contribution in [3.8, 4) is 0 Å². The first-order valence-electron chi connectivity index (χ1n) is 6.19. The molecule has 0 spiro atoms. The van der Waals surface area contributed by atoms with Crippen molar-refractivity contribution < 1.29 is 13.6 Å². The summed E-state index contributed by atoms with van der Waals surface area (Å²) in [5.41, 5.74) is 1.56. The molecule has 0 unspecified atom stereocenters. The van der Waals surface area contributed by atoms with Crippen LogP contribution in [-0.2, 0) is 9.84 Å². The van der Waals surface area contributed by atoms with Gasteiger partial charge < -0.3 is 5.21 Å². The Hall–Kier alpha value is -1.85. The molecule has 0 aliphatic rings. The zero-order valence-electron chi connectivity index (χ0n) is 11.3. The SMILES string of the molecule is Cc1ccc(S(=O)(=O)C/C(=N\O)c2ccc(Cl)cc2)cc1. The van der Waals surface area contributed by atoms with Gasteiger partial charge in [-0.05, 0) is 31.2 Å². The number of halogens is 1. The van der Waals surface area contributed by atoms with Crippen LogP contribution in [-0.4, -0.2) is 25.1 Å². The van der Waals surface area contributed by atoms with Gasteiger partial charge in [0.05, 0.1) is 4.90 Å². The number of nitrogens with zero attached hydrogens (tertiary/aromatic N) is 1. The molecule has 0 aliphatic carbocycles. The molecule has 0 saturated heterocycles. The minimum Gasteiger partial charge on any atom is -0.411 e. The monoisotopic (exact) mass is 323 g/mol. The fourth-order valence-electron chi connectivity index (χ4n) is 1.82. The van der Waals surface area contributed by atoms with Crippen molar-refractivity contribution in [3.05, 3.63) is 64.7 Å². The predicted octanol–water partition coefficient (Wildman–Crippen LogP) is 3.30. The molecule has 0 saturated carbocycles. The van der Waals surface area contributed by atoms with E-state index in [1.807, 2.05) is 6.92 Å². The van der Waals surface area contributed by atoms with E-state index in [1.165, 1.54) is 0 Å². The number of hydrogen-bond acceptors (Lipinski definition) is 4. The lowest BCUT2D eigenvalue weighted by Crippen LogP contribution is -2.17. The van der Waals surface area contributed by atoms with E-state index in [2.05, 4.69) is 5.16 Å². The van der Waals surface area contributed by atoms with E-state index in [0.717, 1.165) is 5.56 Å². The average molecular weight is 324 g/mol. The van der Waals surface area contributed by atoms with Gasteiger partial charge in [0.25, 0.3) is 0 Å². The Bertz CT molecular complexity index is 751. The van der Waals surface area contributed by atoms with Gasteiger partial charge in [-0.25, -0.2) is 8.42 Å². The van der Waals surface area contributed by atoms with Gasteiger partial charge in [0.2, 0.25) is 0 Å². The molecule has 1 N–H and O–H groups in total. The van der Waals surface area contributed by atoms with Crippen molar-refractivity contribution in [3.63, 3.8) is 0 Å². The third kappa shape index (κ3) is 3.83. The molecule has 0 aliphatic heterocycles. The molecule has 6 heteroatoms. The van der Waals surface area contributed by atoms with Crippen LogP contribution in [0.5, 0.6) is 0 Å².